The average molecular weight is 785 g/mol. The molecule has 0 amide bonds. The molecular weight excluding hydrogens is 715 g/mol. The highest BCUT2D eigenvalue weighted by molar-refractivity contribution is 7.46. The number of unbranched alkanes of at least 4 members (excludes halogenated alkanes) is 4. The van der Waals surface area contributed by atoms with Crippen LogP contribution < -0.4 is 0 Å². The fourth-order valence-electron chi connectivity index (χ4n) is 4.56. The minimum atomic E-state index is -4.80. The first-order valence-electron chi connectivity index (χ1n) is 19.9. The Morgan fingerprint density at radius 1 is 0.564 bits per heavy atom. The van der Waals surface area contributed by atoms with Crippen LogP contribution in [-0.2, 0) is 28.2 Å². The molecule has 3 N–H and O–H groups in total. The van der Waals surface area contributed by atoms with Crippen molar-refractivity contribution in [2.75, 3.05) is 13.2 Å². The van der Waals surface area contributed by atoms with Gasteiger partial charge in [-0.3, -0.25) is 14.1 Å². The summed E-state index contributed by atoms with van der Waals surface area (Å²) in [5.41, 5.74) is 0. The van der Waals surface area contributed by atoms with Gasteiger partial charge in [0.2, 0.25) is 0 Å². The van der Waals surface area contributed by atoms with Gasteiger partial charge in [0, 0.05) is 12.8 Å². The molecule has 55 heavy (non-hydrogen) atoms. The summed E-state index contributed by atoms with van der Waals surface area (Å²) in [6, 6.07) is 0. The summed E-state index contributed by atoms with van der Waals surface area (Å²) in [7, 11) is -4.80. The second-order valence-electron chi connectivity index (χ2n) is 12.7. The number of rotatable bonds is 34. The van der Waals surface area contributed by atoms with Gasteiger partial charge >= 0.3 is 19.8 Å². The number of allylic oxidation sites excluding steroid dienone is 19. The summed E-state index contributed by atoms with van der Waals surface area (Å²) in [6.45, 7) is 3.14. The molecule has 0 saturated heterocycles. The van der Waals surface area contributed by atoms with Gasteiger partial charge in [-0.2, -0.15) is 0 Å². The minimum Gasteiger partial charge on any atom is -0.462 e. The second kappa shape index (κ2) is 38.7. The van der Waals surface area contributed by atoms with Gasteiger partial charge in [0.1, 0.15) is 6.61 Å². The first-order chi connectivity index (χ1) is 26.7. The number of carbonyl (C=O) groups is 2. The standard InChI is InChI=1S/C45H69O9P/c1-3-5-6-7-8-9-10-11-12-13-14-15-16-20-23-26-29-32-35-38-44(47)52-40-43(41-53-55(49,50)51)54-45(48)39-36-33-30-27-24-21-18-17-19-22-25-28-31-34-37-42(46)4-2/h5-6,8-9,11-12,14-15,18-23,27-28,30-31,34,37,42-43,46H,3-4,7,10,13,16-17,24-26,29,32-33,35-36,38-41H2,1-2H3,(H2,49,50,51)/b6-5-,9-8-,12-11-,15-14-,21-18-,22-19-,23-20-,30-27-,31-28-,37-34+/t42-,43-/m1/s1. The Balaban J connectivity index is 4.16. The van der Waals surface area contributed by atoms with Gasteiger partial charge in [0.15, 0.2) is 6.10 Å². The predicted molar refractivity (Wildman–Crippen MR) is 226 cm³/mol. The van der Waals surface area contributed by atoms with Gasteiger partial charge in [-0.05, 0) is 89.9 Å². The number of hydrogen-bond donors (Lipinski definition) is 3. The Bertz CT molecular complexity index is 1310. The van der Waals surface area contributed by atoms with Crippen molar-refractivity contribution in [2.45, 2.75) is 135 Å². The zero-order chi connectivity index (χ0) is 40.5. The molecule has 308 valence electrons. The fraction of sp³-hybridized carbons (Fsp3) is 0.511. The quantitative estimate of drug-likeness (QED) is 0.0191. The van der Waals surface area contributed by atoms with E-state index in [1.54, 1.807) is 6.08 Å². The van der Waals surface area contributed by atoms with E-state index in [4.69, 9.17) is 19.3 Å². The van der Waals surface area contributed by atoms with E-state index in [1.807, 2.05) is 37.3 Å². The largest absolute Gasteiger partial charge is 0.469 e. The van der Waals surface area contributed by atoms with Crippen LogP contribution in [0.15, 0.2) is 122 Å². The third-order valence-electron chi connectivity index (χ3n) is 7.63. The lowest BCUT2D eigenvalue weighted by Crippen LogP contribution is -2.29. The molecule has 0 aromatic rings. The molecule has 0 aromatic heterocycles. The fourth-order valence-corrected chi connectivity index (χ4v) is 4.92. The Labute approximate surface area is 331 Å². The molecule has 2 atom stereocenters. The van der Waals surface area contributed by atoms with Gasteiger partial charge in [-0.25, -0.2) is 4.57 Å². The molecule has 0 heterocycles. The number of aliphatic hydroxyl groups excluding tert-OH is 1. The predicted octanol–water partition coefficient (Wildman–Crippen LogP) is 11.1. The summed E-state index contributed by atoms with van der Waals surface area (Å²) < 4.78 is 26.3. The highest BCUT2D eigenvalue weighted by Gasteiger charge is 2.22. The molecule has 0 radical (unpaired) electrons. The monoisotopic (exact) mass is 784 g/mol. The summed E-state index contributed by atoms with van der Waals surface area (Å²) in [5, 5.41) is 9.45. The lowest BCUT2D eigenvalue weighted by Gasteiger charge is -2.18. The van der Waals surface area contributed by atoms with E-state index >= 15 is 0 Å². The molecule has 9 nitrogen and oxygen atoms in total. The molecule has 0 spiro atoms. The highest BCUT2D eigenvalue weighted by Crippen LogP contribution is 2.35. The van der Waals surface area contributed by atoms with E-state index in [2.05, 4.69) is 96.5 Å². The maximum atomic E-state index is 12.4. The van der Waals surface area contributed by atoms with E-state index in [0.29, 0.717) is 25.7 Å². The van der Waals surface area contributed by atoms with Crippen LogP contribution in [0.25, 0.3) is 0 Å². The SMILES string of the molecule is CC/C=C\C/C=C\C/C=C\C/C=C\C/C=C\CCCCCC(=O)OC[C@H](COP(=O)(O)O)OC(=O)CCC/C=C\C/C=C\C/C=C\C/C=C\C=C\[C@H](O)CC. The van der Waals surface area contributed by atoms with Crippen LogP contribution in [0.1, 0.15) is 123 Å². The highest BCUT2D eigenvalue weighted by atomic mass is 31.2. The molecule has 0 aliphatic carbocycles. The number of phosphoric ester groups is 1. The van der Waals surface area contributed by atoms with E-state index < -0.39 is 32.5 Å². The molecular formula is C45H69O9P. The Hall–Kier alpha value is -3.59. The molecule has 0 aliphatic heterocycles. The van der Waals surface area contributed by atoms with Crippen molar-refractivity contribution >= 4 is 19.8 Å². The third-order valence-corrected chi connectivity index (χ3v) is 8.12. The van der Waals surface area contributed by atoms with Crippen LogP contribution in [0.4, 0.5) is 0 Å². The lowest BCUT2D eigenvalue weighted by atomic mass is 10.1. The number of carbonyl (C=O) groups excluding carboxylic acids is 2. The number of phosphoric acid groups is 1. The number of esters is 2. The number of aliphatic hydroxyl groups is 1. The first kappa shape index (κ1) is 51.4. The molecule has 0 saturated carbocycles. The van der Waals surface area contributed by atoms with Gasteiger partial charge in [-0.1, -0.05) is 142 Å². The Kier molecular flexibility index (Phi) is 36.2. The first-order valence-corrected chi connectivity index (χ1v) is 21.5. The molecule has 0 rings (SSSR count). The zero-order valence-corrected chi connectivity index (χ0v) is 34.3. The van der Waals surface area contributed by atoms with Crippen molar-refractivity contribution in [3.8, 4) is 0 Å². The average Bonchev–Trinajstić information content (AvgIpc) is 3.16. The summed E-state index contributed by atoms with van der Waals surface area (Å²) >= 11 is 0. The van der Waals surface area contributed by atoms with Crippen LogP contribution in [-0.4, -0.2) is 52.3 Å². The minimum absolute atomic E-state index is 0.104. The van der Waals surface area contributed by atoms with Gasteiger partial charge in [0.05, 0.1) is 12.7 Å². The van der Waals surface area contributed by atoms with Gasteiger partial charge in [0.25, 0.3) is 0 Å². The summed E-state index contributed by atoms with van der Waals surface area (Å²) in [5.74, 6) is -1.03. The normalized spacial score (nSPS) is 14.3. The molecule has 0 fully saturated rings. The van der Waals surface area contributed by atoms with Crippen molar-refractivity contribution < 1.29 is 43.0 Å². The van der Waals surface area contributed by atoms with Crippen LogP contribution in [0.5, 0.6) is 0 Å². The summed E-state index contributed by atoms with van der Waals surface area (Å²) in [6.07, 6.45) is 53.0. The molecule has 0 unspecified atom stereocenters. The van der Waals surface area contributed by atoms with Crippen LogP contribution >= 0.6 is 7.82 Å². The van der Waals surface area contributed by atoms with E-state index in [0.717, 1.165) is 70.6 Å². The maximum Gasteiger partial charge on any atom is 0.469 e. The maximum absolute atomic E-state index is 12.4. The smallest absolute Gasteiger partial charge is 0.462 e. The van der Waals surface area contributed by atoms with Crippen molar-refractivity contribution in [3.63, 3.8) is 0 Å². The molecule has 0 aromatic carbocycles. The Morgan fingerprint density at radius 3 is 1.55 bits per heavy atom. The van der Waals surface area contributed by atoms with Crippen LogP contribution in [0.2, 0.25) is 0 Å². The second-order valence-corrected chi connectivity index (χ2v) is 13.9. The van der Waals surface area contributed by atoms with Crippen molar-refractivity contribution in [1.29, 1.82) is 0 Å². The van der Waals surface area contributed by atoms with Gasteiger partial charge < -0.3 is 24.4 Å². The van der Waals surface area contributed by atoms with Gasteiger partial charge in [-0.15, -0.1) is 0 Å². The van der Waals surface area contributed by atoms with Crippen LogP contribution in [0, 0.1) is 0 Å². The Morgan fingerprint density at radius 2 is 1.04 bits per heavy atom. The van der Waals surface area contributed by atoms with Crippen LogP contribution in [0.3, 0.4) is 0 Å². The third kappa shape index (κ3) is 41.4. The van der Waals surface area contributed by atoms with E-state index in [1.165, 1.54) is 0 Å². The van der Waals surface area contributed by atoms with Crippen molar-refractivity contribution in [1.82, 2.24) is 0 Å². The lowest BCUT2D eigenvalue weighted by molar-refractivity contribution is -0.161. The van der Waals surface area contributed by atoms with E-state index in [-0.39, 0.29) is 25.6 Å². The summed E-state index contributed by atoms with van der Waals surface area (Å²) in [4.78, 5) is 42.8. The molecule has 0 bridgehead atoms. The number of hydrogen-bond acceptors (Lipinski definition) is 7. The number of ether oxygens (including phenoxy) is 2. The van der Waals surface area contributed by atoms with E-state index in [9.17, 15) is 19.3 Å². The molecule has 0 aliphatic rings. The zero-order valence-electron chi connectivity index (χ0n) is 33.4. The van der Waals surface area contributed by atoms with Crippen molar-refractivity contribution in [2.24, 2.45) is 0 Å². The van der Waals surface area contributed by atoms with Crippen molar-refractivity contribution in [3.05, 3.63) is 122 Å². The topological polar surface area (TPSA) is 140 Å². The molecule has 10 heteroatoms.